The van der Waals surface area contributed by atoms with Crippen LogP contribution in [0.25, 0.3) is 6.08 Å². The van der Waals surface area contributed by atoms with Crippen molar-refractivity contribution in [1.29, 1.82) is 5.26 Å². The van der Waals surface area contributed by atoms with E-state index in [1.165, 1.54) is 6.42 Å². The number of carbonyl (C=O) groups is 1. The molecule has 22 heavy (non-hydrogen) atoms. The van der Waals surface area contributed by atoms with Crippen LogP contribution in [-0.4, -0.2) is 18.6 Å². The summed E-state index contributed by atoms with van der Waals surface area (Å²) in [7, 11) is 0. The Morgan fingerprint density at radius 3 is 2.77 bits per heavy atom. The summed E-state index contributed by atoms with van der Waals surface area (Å²) in [4.78, 5) is 12.3. The molecule has 4 nitrogen and oxygen atoms in total. The highest BCUT2D eigenvalue weighted by atomic mass is 16.5. The van der Waals surface area contributed by atoms with Gasteiger partial charge in [0, 0.05) is 11.6 Å². The topological polar surface area (TPSA) is 62.1 Å². The lowest BCUT2D eigenvalue weighted by atomic mass is 9.95. The largest absolute Gasteiger partial charge is 0.493 e. The molecule has 0 spiro atoms. The van der Waals surface area contributed by atoms with Crippen LogP contribution in [0.2, 0.25) is 0 Å². The maximum atomic E-state index is 12.3. The monoisotopic (exact) mass is 298 g/mol. The minimum absolute atomic E-state index is 0.123. The fraction of sp³-hybridized carbons (Fsp3) is 0.444. The second-order valence-electron chi connectivity index (χ2n) is 5.45. The molecule has 1 fully saturated rings. The van der Waals surface area contributed by atoms with Gasteiger partial charge in [0.1, 0.15) is 17.4 Å². The van der Waals surface area contributed by atoms with Gasteiger partial charge in [0.15, 0.2) is 0 Å². The van der Waals surface area contributed by atoms with Gasteiger partial charge in [-0.25, -0.2) is 0 Å². The van der Waals surface area contributed by atoms with Gasteiger partial charge in [-0.2, -0.15) is 5.26 Å². The Morgan fingerprint density at radius 2 is 2.09 bits per heavy atom. The fourth-order valence-electron chi connectivity index (χ4n) is 2.70. The highest BCUT2D eigenvalue weighted by molar-refractivity contribution is 6.02. The van der Waals surface area contributed by atoms with Gasteiger partial charge in [0.2, 0.25) is 0 Å². The number of carbonyl (C=O) groups excluding carboxylic acids is 1. The third-order valence-electron chi connectivity index (χ3n) is 3.82. The van der Waals surface area contributed by atoms with Gasteiger partial charge < -0.3 is 10.1 Å². The second kappa shape index (κ2) is 8.23. The normalized spacial score (nSPS) is 15.9. The Hall–Kier alpha value is -2.28. The van der Waals surface area contributed by atoms with Crippen molar-refractivity contribution < 1.29 is 9.53 Å². The molecule has 116 valence electrons. The molecule has 0 bridgehead atoms. The predicted molar refractivity (Wildman–Crippen MR) is 86.2 cm³/mol. The molecule has 4 heteroatoms. The SMILES string of the molecule is CCOc1ccccc1/C=C(/C#N)C(=O)NC1CCCCC1. The molecule has 0 aliphatic heterocycles. The van der Waals surface area contributed by atoms with Crippen molar-refractivity contribution in [2.75, 3.05) is 6.61 Å². The minimum Gasteiger partial charge on any atom is -0.493 e. The van der Waals surface area contributed by atoms with E-state index in [1.54, 1.807) is 6.08 Å². The van der Waals surface area contributed by atoms with Crippen molar-refractivity contribution in [3.05, 3.63) is 35.4 Å². The van der Waals surface area contributed by atoms with Crippen molar-refractivity contribution in [1.82, 2.24) is 5.32 Å². The van der Waals surface area contributed by atoms with E-state index in [4.69, 9.17) is 4.74 Å². The first-order valence-electron chi connectivity index (χ1n) is 7.89. The summed E-state index contributed by atoms with van der Waals surface area (Å²) in [5.41, 5.74) is 0.873. The van der Waals surface area contributed by atoms with E-state index in [0.29, 0.717) is 12.4 Å². The smallest absolute Gasteiger partial charge is 0.262 e. The van der Waals surface area contributed by atoms with Crippen molar-refractivity contribution in [2.24, 2.45) is 0 Å². The van der Waals surface area contributed by atoms with Crippen LogP contribution in [0.3, 0.4) is 0 Å². The van der Waals surface area contributed by atoms with E-state index in [0.717, 1.165) is 31.2 Å². The molecule has 0 radical (unpaired) electrons. The van der Waals surface area contributed by atoms with Crippen molar-refractivity contribution in [2.45, 2.75) is 45.1 Å². The van der Waals surface area contributed by atoms with E-state index in [2.05, 4.69) is 5.32 Å². The van der Waals surface area contributed by atoms with Crippen LogP contribution < -0.4 is 10.1 Å². The van der Waals surface area contributed by atoms with Gasteiger partial charge in [-0.15, -0.1) is 0 Å². The predicted octanol–water partition coefficient (Wildman–Crippen LogP) is 3.44. The van der Waals surface area contributed by atoms with E-state index >= 15 is 0 Å². The Morgan fingerprint density at radius 1 is 1.36 bits per heavy atom. The van der Waals surface area contributed by atoms with Gasteiger partial charge in [-0.3, -0.25) is 4.79 Å². The molecule has 0 atom stereocenters. The van der Waals surface area contributed by atoms with E-state index in [1.807, 2.05) is 37.3 Å². The summed E-state index contributed by atoms with van der Waals surface area (Å²) in [5, 5.41) is 12.3. The number of nitriles is 1. The summed E-state index contributed by atoms with van der Waals surface area (Å²) in [6, 6.07) is 9.61. The quantitative estimate of drug-likeness (QED) is 0.669. The third kappa shape index (κ3) is 4.36. The molecule has 1 N–H and O–H groups in total. The maximum absolute atomic E-state index is 12.3. The van der Waals surface area contributed by atoms with Crippen LogP contribution in [0.5, 0.6) is 5.75 Å². The molecule has 2 rings (SSSR count). The number of nitrogens with one attached hydrogen (secondary N) is 1. The minimum atomic E-state index is -0.291. The number of para-hydroxylation sites is 1. The Kier molecular flexibility index (Phi) is 6.02. The summed E-state index contributed by atoms with van der Waals surface area (Å²) < 4.78 is 5.53. The summed E-state index contributed by atoms with van der Waals surface area (Å²) in [6.07, 6.45) is 7.12. The molecule has 1 amide bonds. The number of hydrogen-bond acceptors (Lipinski definition) is 3. The second-order valence-corrected chi connectivity index (χ2v) is 5.45. The van der Waals surface area contributed by atoms with Gasteiger partial charge in [0.25, 0.3) is 5.91 Å². The van der Waals surface area contributed by atoms with Crippen molar-refractivity contribution in [3.8, 4) is 11.8 Å². The lowest BCUT2D eigenvalue weighted by molar-refractivity contribution is -0.117. The van der Waals surface area contributed by atoms with Gasteiger partial charge in [-0.1, -0.05) is 37.5 Å². The lowest BCUT2D eigenvalue weighted by Crippen LogP contribution is -2.36. The maximum Gasteiger partial charge on any atom is 0.262 e. The van der Waals surface area contributed by atoms with Crippen LogP contribution in [-0.2, 0) is 4.79 Å². The zero-order chi connectivity index (χ0) is 15.8. The molecule has 0 heterocycles. The first-order valence-corrected chi connectivity index (χ1v) is 7.89. The zero-order valence-electron chi connectivity index (χ0n) is 13.0. The molecule has 1 aromatic rings. The molecule has 0 saturated heterocycles. The molecule has 1 aromatic carbocycles. The van der Waals surface area contributed by atoms with Crippen LogP contribution >= 0.6 is 0 Å². The molecule has 1 aliphatic carbocycles. The molecule has 1 aliphatic rings. The number of nitrogens with zero attached hydrogens (tertiary/aromatic N) is 1. The Balaban J connectivity index is 2.13. The number of benzene rings is 1. The van der Waals surface area contributed by atoms with E-state index in [9.17, 15) is 10.1 Å². The van der Waals surface area contributed by atoms with Gasteiger partial charge >= 0.3 is 0 Å². The number of hydrogen-bond donors (Lipinski definition) is 1. The average Bonchev–Trinajstić information content (AvgIpc) is 2.55. The lowest BCUT2D eigenvalue weighted by Gasteiger charge is -2.22. The Bertz CT molecular complexity index is 581. The van der Waals surface area contributed by atoms with Crippen LogP contribution in [0.1, 0.15) is 44.6 Å². The molecule has 0 aromatic heterocycles. The number of ether oxygens (including phenoxy) is 1. The highest BCUT2D eigenvalue weighted by Gasteiger charge is 2.18. The third-order valence-corrected chi connectivity index (χ3v) is 3.82. The molecule has 0 unspecified atom stereocenters. The number of amides is 1. The number of rotatable bonds is 5. The van der Waals surface area contributed by atoms with Crippen LogP contribution in [0, 0.1) is 11.3 Å². The zero-order valence-corrected chi connectivity index (χ0v) is 13.0. The average molecular weight is 298 g/mol. The molecule has 1 saturated carbocycles. The summed E-state index contributed by atoms with van der Waals surface area (Å²) in [6.45, 7) is 2.45. The van der Waals surface area contributed by atoms with Crippen LogP contribution in [0.4, 0.5) is 0 Å². The van der Waals surface area contributed by atoms with Gasteiger partial charge in [-0.05, 0) is 31.9 Å². The molecular formula is C18H22N2O2. The van der Waals surface area contributed by atoms with Crippen molar-refractivity contribution >= 4 is 12.0 Å². The Labute approximate surface area is 131 Å². The van der Waals surface area contributed by atoms with E-state index in [-0.39, 0.29) is 17.5 Å². The first kappa shape index (κ1) is 16.1. The fourth-order valence-corrected chi connectivity index (χ4v) is 2.70. The standard InChI is InChI=1S/C18H22N2O2/c1-2-22-17-11-7-6-8-14(17)12-15(13-19)18(21)20-16-9-4-3-5-10-16/h6-8,11-12,16H,2-5,9-10H2,1H3,(H,20,21)/b15-12-. The van der Waals surface area contributed by atoms with E-state index < -0.39 is 0 Å². The van der Waals surface area contributed by atoms with Crippen LogP contribution in [0.15, 0.2) is 29.8 Å². The first-order chi connectivity index (χ1) is 10.7. The molecular weight excluding hydrogens is 276 g/mol. The summed E-state index contributed by atoms with van der Waals surface area (Å²) >= 11 is 0. The highest BCUT2D eigenvalue weighted by Crippen LogP contribution is 2.22. The van der Waals surface area contributed by atoms with Crippen molar-refractivity contribution in [3.63, 3.8) is 0 Å². The van der Waals surface area contributed by atoms with Gasteiger partial charge in [0.05, 0.1) is 6.61 Å². The summed E-state index contributed by atoms with van der Waals surface area (Å²) in [5.74, 6) is 0.393.